The molecule has 0 spiro atoms. The first-order valence-corrected chi connectivity index (χ1v) is 2.68. The predicted octanol–water partition coefficient (Wildman–Crippen LogP) is 2.04. The lowest BCUT2D eigenvalue weighted by atomic mass is 10.4. The summed E-state index contributed by atoms with van der Waals surface area (Å²) < 4.78 is 0. The highest BCUT2D eigenvalue weighted by atomic mass is 32.1. The van der Waals surface area contributed by atoms with Crippen LogP contribution in [0.3, 0.4) is 0 Å². The van der Waals surface area contributed by atoms with E-state index < -0.39 is 0 Å². The standard InChI is InChI=1S/C5H5S/c1-5-2-3-6-4-5/h2-4H,1H2/p+1. The van der Waals surface area contributed by atoms with Crippen molar-refractivity contribution in [3.63, 3.8) is 0 Å². The largest absolute Gasteiger partial charge is 1.00 e. The molecule has 1 rings (SSSR count). The van der Waals surface area contributed by atoms with Gasteiger partial charge in [-0.15, -0.1) is 0 Å². The molecule has 0 aliphatic heterocycles. The zero-order valence-corrected chi connectivity index (χ0v) is 4.16. The first kappa shape index (κ1) is 3.88. The second-order valence-corrected chi connectivity index (χ2v) is 1.91. The second kappa shape index (κ2) is 1.43. The van der Waals surface area contributed by atoms with Gasteiger partial charge in [0.25, 0.3) is 0 Å². The van der Waals surface area contributed by atoms with Crippen molar-refractivity contribution in [1.29, 1.82) is 0 Å². The van der Waals surface area contributed by atoms with Crippen molar-refractivity contribution >= 4 is 11.3 Å². The van der Waals surface area contributed by atoms with E-state index >= 15 is 0 Å². The van der Waals surface area contributed by atoms with Crippen LogP contribution in [0.4, 0.5) is 0 Å². The summed E-state index contributed by atoms with van der Waals surface area (Å²) in [5, 5.41) is 4.03. The summed E-state index contributed by atoms with van der Waals surface area (Å²) in [6, 6.07) is 1.99. The van der Waals surface area contributed by atoms with Gasteiger partial charge in [0.1, 0.15) is 0 Å². The smallest absolute Gasteiger partial charge is 0.152 e. The summed E-state index contributed by atoms with van der Waals surface area (Å²) in [4.78, 5) is 0. The van der Waals surface area contributed by atoms with Crippen molar-refractivity contribution in [3.8, 4) is 0 Å². The molecule has 6 heavy (non-hydrogen) atoms. The molecule has 1 heterocycles. The van der Waals surface area contributed by atoms with Crippen molar-refractivity contribution in [2.45, 2.75) is 0 Å². The zero-order chi connectivity index (χ0) is 4.41. The lowest BCUT2D eigenvalue weighted by molar-refractivity contribution is 1.80. The molecule has 0 amide bonds. The lowest BCUT2D eigenvalue weighted by Crippen LogP contribution is -1.47. The van der Waals surface area contributed by atoms with E-state index in [1.807, 2.05) is 16.8 Å². The lowest BCUT2D eigenvalue weighted by Gasteiger charge is -1.65. The molecule has 0 aliphatic carbocycles. The molecule has 0 nitrogen and oxygen atoms in total. The van der Waals surface area contributed by atoms with Crippen molar-refractivity contribution in [3.05, 3.63) is 29.3 Å². The number of rotatable bonds is 0. The van der Waals surface area contributed by atoms with Crippen molar-refractivity contribution < 1.29 is 1.43 Å². The van der Waals surface area contributed by atoms with Crippen molar-refractivity contribution in [2.24, 2.45) is 0 Å². The van der Waals surface area contributed by atoms with Gasteiger partial charge in [-0.3, -0.25) is 0 Å². The Labute approximate surface area is 42.9 Å². The average Bonchev–Trinajstić information content (AvgIpc) is 1.86. The van der Waals surface area contributed by atoms with E-state index in [1.165, 1.54) is 0 Å². The van der Waals surface area contributed by atoms with Gasteiger partial charge in [0.05, 0.1) is 0 Å². The fourth-order valence-electron chi connectivity index (χ4n) is 0.293. The molecule has 31 valence electrons. The van der Waals surface area contributed by atoms with E-state index in [0.717, 1.165) is 5.56 Å². The van der Waals surface area contributed by atoms with Gasteiger partial charge in [0.15, 0.2) is 0 Å². The van der Waals surface area contributed by atoms with Gasteiger partial charge in [-0.2, -0.15) is 11.3 Å². The normalized spacial score (nSPS) is 8.83. The molecule has 0 aromatic carbocycles. The van der Waals surface area contributed by atoms with E-state index in [-0.39, 0.29) is 1.43 Å². The second-order valence-electron chi connectivity index (χ2n) is 1.13. The summed E-state index contributed by atoms with van der Waals surface area (Å²) in [6.07, 6.45) is 0. The van der Waals surface area contributed by atoms with Crippen LogP contribution in [0.25, 0.3) is 0 Å². The Balaban J connectivity index is 0.000000360. The minimum Gasteiger partial charge on any atom is -0.152 e. The maximum atomic E-state index is 3.69. The molecular weight excluding hydrogens is 92.1 g/mol. The van der Waals surface area contributed by atoms with Crippen molar-refractivity contribution in [1.82, 2.24) is 0 Å². The summed E-state index contributed by atoms with van der Waals surface area (Å²) in [7, 11) is 0. The van der Waals surface area contributed by atoms with Gasteiger partial charge in [-0.1, -0.05) is 0 Å². The number of thiophene rings is 1. The third-order valence-corrected chi connectivity index (χ3v) is 1.31. The Hall–Kier alpha value is -0.300. The Morgan fingerprint density at radius 3 is 2.83 bits per heavy atom. The van der Waals surface area contributed by atoms with E-state index in [4.69, 9.17) is 0 Å². The Morgan fingerprint density at radius 1 is 1.83 bits per heavy atom. The highest BCUT2D eigenvalue weighted by Crippen LogP contribution is 2.01. The molecule has 0 bridgehead atoms. The summed E-state index contributed by atoms with van der Waals surface area (Å²) in [5.74, 6) is 0. The average molecular weight is 98.2 g/mol. The van der Waals surface area contributed by atoms with Crippen molar-refractivity contribution in [2.75, 3.05) is 0 Å². The molecular formula is C5H6S+. The van der Waals surface area contributed by atoms with Gasteiger partial charge >= 0.3 is 1.43 Å². The van der Waals surface area contributed by atoms with Crippen LogP contribution in [0.5, 0.6) is 0 Å². The first-order chi connectivity index (χ1) is 2.89. The van der Waals surface area contributed by atoms with E-state index in [1.54, 1.807) is 11.3 Å². The van der Waals surface area contributed by atoms with Crippen LogP contribution in [0.15, 0.2) is 16.8 Å². The molecule has 1 aromatic heterocycles. The molecule has 0 unspecified atom stereocenters. The summed E-state index contributed by atoms with van der Waals surface area (Å²) in [5.41, 5.74) is 1.11. The minimum atomic E-state index is 0. The van der Waals surface area contributed by atoms with Crippen LogP contribution in [-0.2, 0) is 0 Å². The quantitative estimate of drug-likeness (QED) is 0.466. The van der Waals surface area contributed by atoms with Crippen LogP contribution in [0.1, 0.15) is 6.99 Å². The van der Waals surface area contributed by atoms with Gasteiger partial charge in [-0.25, -0.2) is 0 Å². The third-order valence-electron chi connectivity index (χ3n) is 0.580. The van der Waals surface area contributed by atoms with Crippen LogP contribution in [0.2, 0.25) is 0 Å². The molecule has 0 fully saturated rings. The fourth-order valence-corrected chi connectivity index (χ4v) is 0.878. The Bertz CT molecular complexity index is 112. The molecule has 1 aromatic rings. The van der Waals surface area contributed by atoms with Gasteiger partial charge < -0.3 is 0 Å². The van der Waals surface area contributed by atoms with Crippen LogP contribution < -0.4 is 0 Å². The Morgan fingerprint density at radius 2 is 2.67 bits per heavy atom. The highest BCUT2D eigenvalue weighted by Gasteiger charge is 1.74. The molecule has 0 atom stereocenters. The van der Waals surface area contributed by atoms with E-state index in [0.29, 0.717) is 0 Å². The molecule has 0 saturated carbocycles. The SMILES string of the molecule is [CH2]c1ccsc1.[H+]. The van der Waals surface area contributed by atoms with Gasteiger partial charge in [-0.05, 0) is 29.3 Å². The Kier molecular flexibility index (Phi) is 0.926. The molecule has 0 saturated heterocycles. The monoisotopic (exact) mass is 98.0 g/mol. The fraction of sp³-hybridized carbons (Fsp3) is 0. The van der Waals surface area contributed by atoms with Crippen LogP contribution >= 0.6 is 11.3 Å². The van der Waals surface area contributed by atoms with Crippen LogP contribution in [0, 0.1) is 6.92 Å². The maximum absolute atomic E-state index is 3.69. The molecule has 0 N–H and O–H groups in total. The van der Waals surface area contributed by atoms with Gasteiger partial charge in [0.2, 0.25) is 0 Å². The predicted molar refractivity (Wildman–Crippen MR) is 29.9 cm³/mol. The summed E-state index contributed by atoms with van der Waals surface area (Å²) >= 11 is 1.68. The first-order valence-electron chi connectivity index (χ1n) is 1.74. The highest BCUT2D eigenvalue weighted by molar-refractivity contribution is 7.08. The maximum Gasteiger partial charge on any atom is 1.00 e. The summed E-state index contributed by atoms with van der Waals surface area (Å²) in [6.45, 7) is 3.69. The third kappa shape index (κ3) is 0.601. The van der Waals surface area contributed by atoms with E-state index in [9.17, 15) is 0 Å². The number of hydrogen-bond donors (Lipinski definition) is 0. The molecule has 0 aliphatic rings. The van der Waals surface area contributed by atoms with Gasteiger partial charge in [0, 0.05) is 0 Å². The topological polar surface area (TPSA) is 0 Å². The van der Waals surface area contributed by atoms with E-state index in [2.05, 4.69) is 6.92 Å². The number of hydrogen-bond acceptors (Lipinski definition) is 1. The molecule has 1 heteroatoms. The minimum absolute atomic E-state index is 0. The zero-order valence-electron chi connectivity index (χ0n) is 4.35. The molecule has 1 radical (unpaired) electrons. The van der Waals surface area contributed by atoms with Crippen LogP contribution in [-0.4, -0.2) is 0 Å².